The molecule has 1 aromatic heterocycles. The molecule has 0 aliphatic heterocycles. The van der Waals surface area contributed by atoms with Crippen molar-refractivity contribution in [1.29, 1.82) is 0 Å². The average molecular weight is 275 g/mol. The quantitative estimate of drug-likeness (QED) is 0.867. The molecule has 1 unspecified atom stereocenters. The van der Waals surface area contributed by atoms with E-state index in [4.69, 9.17) is 4.98 Å². The maximum absolute atomic E-state index is 4.75. The van der Waals surface area contributed by atoms with Crippen molar-refractivity contribution in [2.75, 3.05) is 5.32 Å². The van der Waals surface area contributed by atoms with Crippen molar-refractivity contribution in [1.82, 2.24) is 9.55 Å². The molecule has 1 aromatic rings. The minimum Gasteiger partial charge on any atom is -0.353 e. The molecule has 20 heavy (non-hydrogen) atoms. The number of hydrogen-bond donors (Lipinski definition) is 1. The van der Waals surface area contributed by atoms with Crippen LogP contribution in [0.2, 0.25) is 0 Å². The summed E-state index contributed by atoms with van der Waals surface area (Å²) in [4.78, 5) is 4.75. The molecule has 2 aliphatic rings. The molecule has 0 bridgehead atoms. The molecule has 3 nitrogen and oxygen atoms in total. The van der Waals surface area contributed by atoms with E-state index in [0.717, 1.165) is 11.6 Å². The molecule has 112 valence electrons. The smallest absolute Gasteiger partial charge is 0.203 e. The normalized spacial score (nSPS) is 26.9. The minimum atomic E-state index is 0.482. The van der Waals surface area contributed by atoms with Crippen molar-refractivity contribution in [3.63, 3.8) is 0 Å². The highest BCUT2D eigenvalue weighted by Gasteiger charge is 2.29. The zero-order valence-corrected chi connectivity index (χ0v) is 13.3. The molecule has 1 heterocycles. The molecule has 0 saturated heterocycles. The molecule has 2 aliphatic carbocycles. The maximum Gasteiger partial charge on any atom is 0.203 e. The van der Waals surface area contributed by atoms with E-state index in [1.807, 2.05) is 0 Å². The zero-order valence-electron chi connectivity index (χ0n) is 13.3. The second-order valence-corrected chi connectivity index (χ2v) is 7.65. The van der Waals surface area contributed by atoms with Gasteiger partial charge in [0.2, 0.25) is 5.95 Å². The number of hydrogen-bond acceptors (Lipinski definition) is 2. The van der Waals surface area contributed by atoms with E-state index in [1.54, 1.807) is 0 Å². The van der Waals surface area contributed by atoms with Crippen LogP contribution in [0.25, 0.3) is 0 Å². The largest absolute Gasteiger partial charge is 0.353 e. The van der Waals surface area contributed by atoms with Gasteiger partial charge in [0, 0.05) is 18.3 Å². The van der Waals surface area contributed by atoms with Gasteiger partial charge in [-0.25, -0.2) is 4.98 Å². The Bertz CT molecular complexity index is 455. The lowest BCUT2D eigenvalue weighted by Gasteiger charge is -2.36. The number of rotatable bonds is 3. The highest BCUT2D eigenvalue weighted by molar-refractivity contribution is 5.31. The van der Waals surface area contributed by atoms with Crippen molar-refractivity contribution in [3.8, 4) is 0 Å². The number of nitrogens with one attached hydrogen (secondary N) is 1. The van der Waals surface area contributed by atoms with Crippen molar-refractivity contribution in [2.24, 2.45) is 5.41 Å². The van der Waals surface area contributed by atoms with Gasteiger partial charge in [0.1, 0.15) is 0 Å². The highest BCUT2D eigenvalue weighted by atomic mass is 15.2. The second kappa shape index (κ2) is 5.42. The number of nitrogens with zero attached hydrogens (tertiary/aromatic N) is 2. The Morgan fingerprint density at radius 3 is 2.65 bits per heavy atom. The maximum atomic E-state index is 4.75. The average Bonchev–Trinajstić information content (AvgIpc) is 2.97. The summed E-state index contributed by atoms with van der Waals surface area (Å²) in [6.45, 7) is 6.91. The third-order valence-corrected chi connectivity index (χ3v) is 5.11. The minimum absolute atomic E-state index is 0.482. The molecular formula is C17H29N3. The van der Waals surface area contributed by atoms with E-state index in [9.17, 15) is 0 Å². The fourth-order valence-electron chi connectivity index (χ4n) is 4.09. The molecule has 2 saturated carbocycles. The van der Waals surface area contributed by atoms with E-state index in [2.05, 4.69) is 36.9 Å². The van der Waals surface area contributed by atoms with E-state index < -0.39 is 0 Å². The monoisotopic (exact) mass is 275 g/mol. The lowest BCUT2D eigenvalue weighted by Crippen LogP contribution is -2.32. The summed E-state index contributed by atoms with van der Waals surface area (Å²) in [5.41, 5.74) is 1.63. The summed E-state index contributed by atoms with van der Waals surface area (Å²) >= 11 is 0. The Labute approximate surface area is 123 Å². The third kappa shape index (κ3) is 3.02. The van der Waals surface area contributed by atoms with Crippen LogP contribution in [0.1, 0.15) is 76.9 Å². The first-order valence-electron chi connectivity index (χ1n) is 8.35. The van der Waals surface area contributed by atoms with Gasteiger partial charge in [-0.1, -0.05) is 33.1 Å². The number of anilines is 1. The van der Waals surface area contributed by atoms with Gasteiger partial charge in [-0.2, -0.15) is 0 Å². The SMILES string of the molecule is Cc1cn(C2CCCC2)c(NC2CCCC(C)(C)C2)n1. The number of aromatic nitrogens is 2. The predicted molar refractivity (Wildman–Crippen MR) is 84.1 cm³/mol. The Morgan fingerprint density at radius 1 is 1.20 bits per heavy atom. The van der Waals surface area contributed by atoms with Crippen LogP contribution < -0.4 is 5.32 Å². The first-order chi connectivity index (χ1) is 9.53. The van der Waals surface area contributed by atoms with Gasteiger partial charge in [-0.15, -0.1) is 0 Å². The molecule has 2 fully saturated rings. The van der Waals surface area contributed by atoms with Crippen LogP contribution in [0.15, 0.2) is 6.20 Å². The van der Waals surface area contributed by atoms with Crippen LogP contribution in [0, 0.1) is 12.3 Å². The van der Waals surface area contributed by atoms with Gasteiger partial charge >= 0.3 is 0 Å². The van der Waals surface area contributed by atoms with E-state index in [0.29, 0.717) is 17.5 Å². The van der Waals surface area contributed by atoms with Gasteiger partial charge in [-0.3, -0.25) is 0 Å². The summed E-state index contributed by atoms with van der Waals surface area (Å²) in [6, 6.07) is 1.27. The van der Waals surface area contributed by atoms with Crippen molar-refractivity contribution >= 4 is 5.95 Å². The Kier molecular flexibility index (Phi) is 3.78. The summed E-state index contributed by atoms with van der Waals surface area (Å²) in [5.74, 6) is 1.12. The van der Waals surface area contributed by atoms with E-state index in [-0.39, 0.29) is 0 Å². The Morgan fingerprint density at radius 2 is 1.95 bits per heavy atom. The van der Waals surface area contributed by atoms with Gasteiger partial charge in [-0.05, 0) is 44.4 Å². The molecule has 1 atom stereocenters. The van der Waals surface area contributed by atoms with Crippen LogP contribution in [-0.2, 0) is 0 Å². The van der Waals surface area contributed by atoms with E-state index in [1.165, 1.54) is 51.4 Å². The lowest BCUT2D eigenvalue weighted by atomic mass is 9.75. The molecule has 0 radical (unpaired) electrons. The first-order valence-corrected chi connectivity index (χ1v) is 8.35. The molecule has 3 rings (SSSR count). The Hall–Kier alpha value is -0.990. The zero-order chi connectivity index (χ0) is 14.2. The van der Waals surface area contributed by atoms with Crippen LogP contribution >= 0.6 is 0 Å². The van der Waals surface area contributed by atoms with Crippen LogP contribution in [-0.4, -0.2) is 15.6 Å². The molecule has 3 heteroatoms. The molecular weight excluding hydrogens is 246 g/mol. The second-order valence-electron chi connectivity index (χ2n) is 7.65. The fourth-order valence-corrected chi connectivity index (χ4v) is 4.09. The van der Waals surface area contributed by atoms with Crippen molar-refractivity contribution in [3.05, 3.63) is 11.9 Å². The van der Waals surface area contributed by atoms with Crippen LogP contribution in [0.5, 0.6) is 0 Å². The highest BCUT2D eigenvalue weighted by Crippen LogP contribution is 2.37. The molecule has 0 aromatic carbocycles. The standard InChI is InChI=1S/C17H29N3/c1-13-12-20(15-8-4-5-9-15)16(18-13)19-14-7-6-10-17(2,3)11-14/h12,14-15H,4-11H2,1-3H3,(H,18,19). The van der Waals surface area contributed by atoms with Crippen molar-refractivity contribution < 1.29 is 0 Å². The van der Waals surface area contributed by atoms with Crippen LogP contribution in [0.4, 0.5) is 5.95 Å². The molecule has 1 N–H and O–H groups in total. The summed E-state index contributed by atoms with van der Waals surface area (Å²) < 4.78 is 2.42. The van der Waals surface area contributed by atoms with E-state index >= 15 is 0 Å². The van der Waals surface area contributed by atoms with Crippen LogP contribution in [0.3, 0.4) is 0 Å². The first kappa shape index (κ1) is 14.0. The lowest BCUT2D eigenvalue weighted by molar-refractivity contribution is 0.228. The van der Waals surface area contributed by atoms with Gasteiger partial charge < -0.3 is 9.88 Å². The Balaban J connectivity index is 1.73. The number of imidazole rings is 1. The summed E-state index contributed by atoms with van der Waals surface area (Å²) in [6.07, 6.45) is 12.9. The predicted octanol–water partition coefficient (Wildman–Crippen LogP) is 4.69. The van der Waals surface area contributed by atoms with Gasteiger partial charge in [0.15, 0.2) is 0 Å². The summed E-state index contributed by atoms with van der Waals surface area (Å²) in [5, 5.41) is 3.75. The molecule has 0 amide bonds. The fraction of sp³-hybridized carbons (Fsp3) is 0.824. The third-order valence-electron chi connectivity index (χ3n) is 5.11. The van der Waals surface area contributed by atoms with Crippen molar-refractivity contribution in [2.45, 2.75) is 84.2 Å². The number of aryl methyl sites for hydroxylation is 1. The topological polar surface area (TPSA) is 29.9 Å². The van der Waals surface area contributed by atoms with Gasteiger partial charge in [0.05, 0.1) is 5.69 Å². The summed E-state index contributed by atoms with van der Waals surface area (Å²) in [7, 11) is 0. The molecule has 0 spiro atoms. The van der Waals surface area contributed by atoms with Gasteiger partial charge in [0.25, 0.3) is 0 Å².